The Balaban J connectivity index is 0.00000364. The number of halogens is 1. The van der Waals surface area contributed by atoms with Gasteiger partial charge in [-0.05, 0) is 12.1 Å². The molecular formula is C17H25ClN4O4S. The summed E-state index contributed by atoms with van der Waals surface area (Å²) in [4.78, 5) is 38.0. The quantitative estimate of drug-likeness (QED) is 0.562. The third-order valence-corrected chi connectivity index (χ3v) is 4.62. The lowest BCUT2D eigenvalue weighted by molar-refractivity contribution is -0.132. The Morgan fingerprint density at radius 3 is 2.56 bits per heavy atom. The Bertz CT molecular complexity index is 641. The molecule has 1 aromatic rings. The van der Waals surface area contributed by atoms with Crippen LogP contribution in [0.3, 0.4) is 0 Å². The van der Waals surface area contributed by atoms with Crippen LogP contribution in [0.4, 0.5) is 5.69 Å². The standard InChI is InChI=1S/C17H24N4O4S.ClH/c18-5-6-19-17(24)13-3-1-2-4-14(13)20-15(22)11-26-12-16(23)21-7-9-25-10-8-21;/h1-4H,5-12,18H2,(H,19,24)(H,20,22);1H. The SMILES string of the molecule is Cl.NCCNC(=O)c1ccccc1NC(=O)CSCC(=O)N1CCOCC1. The van der Waals surface area contributed by atoms with E-state index in [0.29, 0.717) is 50.6 Å². The van der Waals surface area contributed by atoms with E-state index in [9.17, 15) is 14.4 Å². The highest BCUT2D eigenvalue weighted by molar-refractivity contribution is 8.00. The van der Waals surface area contributed by atoms with E-state index in [2.05, 4.69) is 10.6 Å². The van der Waals surface area contributed by atoms with Gasteiger partial charge in [-0.15, -0.1) is 24.2 Å². The number of amides is 3. The van der Waals surface area contributed by atoms with Crippen molar-refractivity contribution >= 4 is 47.6 Å². The van der Waals surface area contributed by atoms with Crippen LogP contribution in [0.1, 0.15) is 10.4 Å². The number of carbonyl (C=O) groups is 3. The number of para-hydroxylation sites is 1. The number of benzene rings is 1. The fourth-order valence-corrected chi connectivity index (χ4v) is 3.11. The predicted molar refractivity (Wildman–Crippen MR) is 108 cm³/mol. The molecule has 8 nitrogen and oxygen atoms in total. The van der Waals surface area contributed by atoms with Crippen LogP contribution in [0.25, 0.3) is 0 Å². The summed E-state index contributed by atoms with van der Waals surface area (Å²) in [6, 6.07) is 6.77. The van der Waals surface area contributed by atoms with E-state index in [-0.39, 0.29) is 41.6 Å². The molecule has 0 saturated carbocycles. The number of anilines is 1. The van der Waals surface area contributed by atoms with E-state index in [0.717, 1.165) is 0 Å². The molecular weight excluding hydrogens is 392 g/mol. The third kappa shape index (κ3) is 7.76. The summed E-state index contributed by atoms with van der Waals surface area (Å²) in [5, 5.41) is 5.40. The molecule has 1 aromatic carbocycles. The maximum absolute atomic E-state index is 12.1. The molecule has 1 aliphatic heterocycles. The minimum atomic E-state index is -0.290. The fraction of sp³-hybridized carbons (Fsp3) is 0.471. The zero-order valence-corrected chi connectivity index (χ0v) is 16.6. The Labute approximate surface area is 169 Å². The second kappa shape index (κ2) is 12.6. The van der Waals surface area contributed by atoms with Crippen LogP contribution in [0.5, 0.6) is 0 Å². The second-order valence-electron chi connectivity index (χ2n) is 5.62. The first-order valence-corrected chi connectivity index (χ1v) is 9.57. The summed E-state index contributed by atoms with van der Waals surface area (Å²) in [5.41, 5.74) is 6.20. The fourth-order valence-electron chi connectivity index (χ4n) is 2.39. The van der Waals surface area contributed by atoms with Gasteiger partial charge in [-0.3, -0.25) is 14.4 Å². The van der Waals surface area contributed by atoms with E-state index in [1.54, 1.807) is 29.2 Å². The number of thioether (sulfide) groups is 1. The van der Waals surface area contributed by atoms with Crippen LogP contribution in [-0.4, -0.2) is 73.5 Å². The maximum atomic E-state index is 12.1. The molecule has 2 rings (SSSR count). The lowest BCUT2D eigenvalue weighted by Gasteiger charge is -2.26. The monoisotopic (exact) mass is 416 g/mol. The lowest BCUT2D eigenvalue weighted by Crippen LogP contribution is -2.41. The van der Waals surface area contributed by atoms with Gasteiger partial charge in [0.2, 0.25) is 11.8 Å². The topological polar surface area (TPSA) is 114 Å². The Kier molecular flexibility index (Phi) is 10.8. The molecule has 0 aromatic heterocycles. The van der Waals surface area contributed by atoms with Gasteiger partial charge in [0.05, 0.1) is 36.0 Å². The summed E-state index contributed by atoms with van der Waals surface area (Å²) in [6.45, 7) is 3.00. The molecule has 0 unspecified atom stereocenters. The number of carbonyl (C=O) groups excluding carboxylic acids is 3. The van der Waals surface area contributed by atoms with Crippen LogP contribution >= 0.6 is 24.2 Å². The molecule has 0 aliphatic carbocycles. The normalized spacial score (nSPS) is 13.4. The molecule has 3 amide bonds. The van der Waals surface area contributed by atoms with Gasteiger partial charge in [0.1, 0.15) is 0 Å². The number of hydrogen-bond acceptors (Lipinski definition) is 6. The van der Waals surface area contributed by atoms with E-state index in [4.69, 9.17) is 10.5 Å². The molecule has 1 fully saturated rings. The summed E-state index contributed by atoms with van der Waals surface area (Å²) >= 11 is 1.25. The van der Waals surface area contributed by atoms with Gasteiger partial charge >= 0.3 is 0 Å². The van der Waals surface area contributed by atoms with Crippen molar-refractivity contribution in [3.63, 3.8) is 0 Å². The van der Waals surface area contributed by atoms with E-state index in [1.165, 1.54) is 11.8 Å². The van der Waals surface area contributed by atoms with Gasteiger partial charge < -0.3 is 26.0 Å². The smallest absolute Gasteiger partial charge is 0.253 e. The molecule has 27 heavy (non-hydrogen) atoms. The molecule has 0 radical (unpaired) electrons. The van der Waals surface area contributed by atoms with Gasteiger partial charge in [0, 0.05) is 26.2 Å². The van der Waals surface area contributed by atoms with Crippen molar-refractivity contribution in [2.24, 2.45) is 5.73 Å². The van der Waals surface area contributed by atoms with Crippen molar-refractivity contribution in [1.82, 2.24) is 10.2 Å². The van der Waals surface area contributed by atoms with Crippen molar-refractivity contribution in [2.75, 3.05) is 56.2 Å². The number of hydrogen-bond donors (Lipinski definition) is 3. The van der Waals surface area contributed by atoms with Crippen molar-refractivity contribution in [1.29, 1.82) is 0 Å². The first kappa shape index (κ1) is 23.2. The Morgan fingerprint density at radius 1 is 1.15 bits per heavy atom. The average molecular weight is 417 g/mol. The zero-order chi connectivity index (χ0) is 18.8. The summed E-state index contributed by atoms with van der Waals surface area (Å²) in [7, 11) is 0. The van der Waals surface area contributed by atoms with Gasteiger partial charge in [-0.25, -0.2) is 0 Å². The Morgan fingerprint density at radius 2 is 1.85 bits per heavy atom. The molecule has 150 valence electrons. The average Bonchev–Trinajstić information content (AvgIpc) is 2.67. The number of nitrogens with zero attached hydrogens (tertiary/aromatic N) is 1. The Hall–Kier alpha value is -1.81. The molecule has 1 aliphatic rings. The molecule has 0 atom stereocenters. The number of nitrogens with one attached hydrogen (secondary N) is 2. The van der Waals surface area contributed by atoms with Gasteiger partial charge in [-0.2, -0.15) is 0 Å². The van der Waals surface area contributed by atoms with Crippen LogP contribution < -0.4 is 16.4 Å². The van der Waals surface area contributed by atoms with Crippen LogP contribution in [0, 0.1) is 0 Å². The molecule has 0 bridgehead atoms. The highest BCUT2D eigenvalue weighted by Gasteiger charge is 2.17. The largest absolute Gasteiger partial charge is 0.378 e. The minimum absolute atomic E-state index is 0. The molecule has 4 N–H and O–H groups in total. The molecule has 0 spiro atoms. The van der Waals surface area contributed by atoms with Crippen LogP contribution in [0.15, 0.2) is 24.3 Å². The van der Waals surface area contributed by atoms with Crippen molar-refractivity contribution in [2.45, 2.75) is 0 Å². The number of ether oxygens (including phenoxy) is 1. The van der Waals surface area contributed by atoms with Crippen molar-refractivity contribution in [3.05, 3.63) is 29.8 Å². The van der Waals surface area contributed by atoms with Gasteiger partial charge in [0.25, 0.3) is 5.91 Å². The van der Waals surface area contributed by atoms with E-state index >= 15 is 0 Å². The van der Waals surface area contributed by atoms with Crippen molar-refractivity contribution < 1.29 is 19.1 Å². The van der Waals surface area contributed by atoms with Crippen molar-refractivity contribution in [3.8, 4) is 0 Å². The predicted octanol–water partition coefficient (Wildman–Crippen LogP) is 0.327. The molecule has 1 heterocycles. The van der Waals surface area contributed by atoms with Crippen LogP contribution in [-0.2, 0) is 14.3 Å². The summed E-state index contributed by atoms with van der Waals surface area (Å²) in [5.74, 6) is -0.168. The summed E-state index contributed by atoms with van der Waals surface area (Å²) in [6.07, 6.45) is 0. The highest BCUT2D eigenvalue weighted by atomic mass is 35.5. The van der Waals surface area contributed by atoms with Gasteiger partial charge in [0.15, 0.2) is 0 Å². The third-order valence-electron chi connectivity index (χ3n) is 3.70. The van der Waals surface area contributed by atoms with Crippen LogP contribution in [0.2, 0.25) is 0 Å². The molecule has 10 heteroatoms. The number of morpholine rings is 1. The zero-order valence-electron chi connectivity index (χ0n) is 14.9. The van der Waals surface area contributed by atoms with Gasteiger partial charge in [-0.1, -0.05) is 12.1 Å². The van der Waals surface area contributed by atoms with E-state index < -0.39 is 0 Å². The lowest BCUT2D eigenvalue weighted by atomic mass is 10.1. The highest BCUT2D eigenvalue weighted by Crippen LogP contribution is 2.15. The maximum Gasteiger partial charge on any atom is 0.253 e. The summed E-state index contributed by atoms with van der Waals surface area (Å²) < 4.78 is 5.21. The number of nitrogens with two attached hydrogens (primary N) is 1. The van der Waals surface area contributed by atoms with E-state index in [1.807, 2.05) is 0 Å². The minimum Gasteiger partial charge on any atom is -0.378 e. The second-order valence-corrected chi connectivity index (χ2v) is 6.61. The number of rotatable bonds is 8. The first-order valence-electron chi connectivity index (χ1n) is 8.42. The first-order chi connectivity index (χ1) is 12.6. The molecule has 1 saturated heterocycles.